The number of rotatable bonds is 5. The highest BCUT2D eigenvalue weighted by molar-refractivity contribution is 5.93. The van der Waals surface area contributed by atoms with Crippen LogP contribution in [0.2, 0.25) is 0 Å². The van der Waals surface area contributed by atoms with Gasteiger partial charge in [-0.1, -0.05) is 5.21 Å². The van der Waals surface area contributed by atoms with Crippen molar-refractivity contribution in [1.29, 1.82) is 0 Å². The highest BCUT2D eigenvalue weighted by atomic mass is 16.6. The number of amides is 1. The number of carbonyl (C=O) groups excluding carboxylic acids is 1. The molecular formula is C17H18N4O5. The molecule has 1 aliphatic carbocycles. The monoisotopic (exact) mass is 358 g/mol. The summed E-state index contributed by atoms with van der Waals surface area (Å²) in [5, 5.41) is 19.8. The molecule has 0 bridgehead atoms. The van der Waals surface area contributed by atoms with Crippen LogP contribution < -0.4 is 14.8 Å². The number of aliphatic carboxylic acids is 1. The van der Waals surface area contributed by atoms with Crippen molar-refractivity contribution < 1.29 is 24.2 Å². The molecule has 9 nitrogen and oxygen atoms in total. The van der Waals surface area contributed by atoms with Crippen LogP contribution in [-0.2, 0) is 4.79 Å². The maximum Gasteiger partial charge on any atom is 0.311 e. The molecule has 1 fully saturated rings. The van der Waals surface area contributed by atoms with Crippen LogP contribution >= 0.6 is 0 Å². The van der Waals surface area contributed by atoms with Gasteiger partial charge in [-0.15, -0.1) is 5.10 Å². The van der Waals surface area contributed by atoms with Crippen LogP contribution in [0.1, 0.15) is 29.0 Å². The molecule has 0 unspecified atom stereocenters. The van der Waals surface area contributed by atoms with Crippen LogP contribution in [0, 0.1) is 12.3 Å². The van der Waals surface area contributed by atoms with Gasteiger partial charge in [-0.3, -0.25) is 9.59 Å². The van der Waals surface area contributed by atoms with Gasteiger partial charge in [-0.2, -0.15) is 0 Å². The predicted octanol–water partition coefficient (Wildman–Crippen LogP) is 0.942. The van der Waals surface area contributed by atoms with Crippen molar-refractivity contribution in [3.63, 3.8) is 0 Å². The SMILES string of the molecule is Cc1c(C(=O)NCC2(C(=O)O)CC2)nnn1-c1ccc2c(c1)OCCO2. The maximum atomic E-state index is 12.4. The highest BCUT2D eigenvalue weighted by Crippen LogP contribution is 2.45. The Morgan fingerprint density at radius 2 is 2.00 bits per heavy atom. The minimum Gasteiger partial charge on any atom is -0.486 e. The Morgan fingerprint density at radius 1 is 1.27 bits per heavy atom. The quantitative estimate of drug-likeness (QED) is 0.817. The molecule has 1 aromatic heterocycles. The molecule has 1 saturated carbocycles. The Hall–Kier alpha value is -3.10. The molecule has 2 aliphatic rings. The summed E-state index contributed by atoms with van der Waals surface area (Å²) >= 11 is 0. The maximum absolute atomic E-state index is 12.4. The predicted molar refractivity (Wildman–Crippen MR) is 88.7 cm³/mol. The Balaban J connectivity index is 1.53. The fourth-order valence-electron chi connectivity index (χ4n) is 2.90. The molecule has 9 heteroatoms. The lowest BCUT2D eigenvalue weighted by molar-refractivity contribution is -0.143. The molecule has 0 saturated heterocycles. The van der Waals surface area contributed by atoms with Crippen molar-refractivity contribution in [2.45, 2.75) is 19.8 Å². The number of benzene rings is 1. The van der Waals surface area contributed by atoms with Crippen LogP contribution in [0.4, 0.5) is 0 Å². The van der Waals surface area contributed by atoms with Crippen molar-refractivity contribution in [3.05, 3.63) is 29.6 Å². The van der Waals surface area contributed by atoms with Crippen molar-refractivity contribution in [3.8, 4) is 17.2 Å². The third kappa shape index (κ3) is 2.75. The van der Waals surface area contributed by atoms with Crippen molar-refractivity contribution >= 4 is 11.9 Å². The first-order valence-electron chi connectivity index (χ1n) is 8.34. The summed E-state index contributed by atoms with van der Waals surface area (Å²) in [5.41, 5.74) is 0.595. The standard InChI is InChI=1S/C17H18N4O5/c1-10-14(15(22)18-9-17(4-5-17)16(23)24)19-20-21(10)11-2-3-12-13(8-11)26-7-6-25-12/h2-3,8H,4-7,9H2,1H3,(H,18,22)(H,23,24). The number of hydrogen-bond donors (Lipinski definition) is 2. The number of fused-ring (bicyclic) bond motifs is 1. The molecule has 2 aromatic rings. The van der Waals surface area contributed by atoms with Gasteiger partial charge >= 0.3 is 5.97 Å². The average Bonchev–Trinajstić information content (AvgIpc) is 3.35. The van der Waals surface area contributed by atoms with Gasteiger partial charge in [0.25, 0.3) is 5.91 Å². The number of ether oxygens (including phenoxy) is 2. The minimum atomic E-state index is -0.880. The van der Waals surface area contributed by atoms with Crippen LogP contribution in [0.3, 0.4) is 0 Å². The Morgan fingerprint density at radius 3 is 2.69 bits per heavy atom. The van der Waals surface area contributed by atoms with Gasteiger partial charge in [0, 0.05) is 12.6 Å². The summed E-state index contributed by atoms with van der Waals surface area (Å²) in [6.45, 7) is 2.82. The lowest BCUT2D eigenvalue weighted by Crippen LogP contribution is -2.34. The zero-order valence-corrected chi connectivity index (χ0v) is 14.2. The van der Waals surface area contributed by atoms with Crippen LogP contribution in [-0.4, -0.2) is 51.7 Å². The van der Waals surface area contributed by atoms with E-state index in [0.717, 1.165) is 0 Å². The molecule has 1 amide bonds. The van der Waals surface area contributed by atoms with Gasteiger partial charge < -0.3 is 19.9 Å². The Labute approximate surface area is 148 Å². The van der Waals surface area contributed by atoms with E-state index in [1.54, 1.807) is 25.1 Å². The number of hydrogen-bond acceptors (Lipinski definition) is 6. The molecule has 26 heavy (non-hydrogen) atoms. The molecule has 0 atom stereocenters. The van der Waals surface area contributed by atoms with E-state index in [2.05, 4.69) is 15.6 Å². The second-order valence-electron chi connectivity index (χ2n) is 6.53. The van der Waals surface area contributed by atoms with Crippen molar-refractivity contribution in [2.24, 2.45) is 5.41 Å². The summed E-state index contributed by atoms with van der Waals surface area (Å²) in [7, 11) is 0. The van der Waals surface area contributed by atoms with E-state index in [-0.39, 0.29) is 12.2 Å². The summed E-state index contributed by atoms with van der Waals surface area (Å²) in [6, 6.07) is 5.37. The van der Waals surface area contributed by atoms with Gasteiger partial charge in [0.2, 0.25) is 0 Å². The van der Waals surface area contributed by atoms with Crippen LogP contribution in [0.5, 0.6) is 11.5 Å². The zero-order valence-electron chi connectivity index (χ0n) is 14.2. The number of carboxylic acid groups (broad SMARTS) is 1. The second-order valence-corrected chi connectivity index (χ2v) is 6.53. The van der Waals surface area contributed by atoms with Gasteiger partial charge in [-0.25, -0.2) is 4.68 Å². The fourth-order valence-corrected chi connectivity index (χ4v) is 2.90. The van der Waals surface area contributed by atoms with Crippen molar-refractivity contribution in [1.82, 2.24) is 20.3 Å². The molecule has 1 aliphatic heterocycles. The first-order valence-corrected chi connectivity index (χ1v) is 8.34. The van der Waals surface area contributed by atoms with E-state index >= 15 is 0 Å². The summed E-state index contributed by atoms with van der Waals surface area (Å²) in [4.78, 5) is 23.6. The van der Waals surface area contributed by atoms with E-state index in [1.807, 2.05) is 0 Å². The average molecular weight is 358 g/mol. The van der Waals surface area contributed by atoms with E-state index in [9.17, 15) is 14.7 Å². The Bertz CT molecular complexity index is 887. The highest BCUT2D eigenvalue weighted by Gasteiger charge is 2.50. The van der Waals surface area contributed by atoms with Gasteiger partial charge in [-0.05, 0) is 31.9 Å². The normalized spacial score (nSPS) is 16.8. The molecule has 136 valence electrons. The third-order valence-electron chi connectivity index (χ3n) is 4.77. The largest absolute Gasteiger partial charge is 0.486 e. The molecule has 0 spiro atoms. The van der Waals surface area contributed by atoms with E-state index in [0.29, 0.717) is 48.9 Å². The number of carbonyl (C=O) groups is 2. The number of nitrogens with zero attached hydrogens (tertiary/aromatic N) is 3. The fraction of sp³-hybridized carbons (Fsp3) is 0.412. The first-order chi connectivity index (χ1) is 12.5. The second kappa shape index (κ2) is 6.01. The van der Waals surface area contributed by atoms with Gasteiger partial charge in [0.05, 0.1) is 16.8 Å². The smallest absolute Gasteiger partial charge is 0.311 e. The third-order valence-corrected chi connectivity index (χ3v) is 4.77. The first kappa shape index (κ1) is 16.4. The van der Waals surface area contributed by atoms with E-state index < -0.39 is 17.3 Å². The topological polar surface area (TPSA) is 116 Å². The van der Waals surface area contributed by atoms with Crippen molar-refractivity contribution in [2.75, 3.05) is 19.8 Å². The molecule has 4 rings (SSSR count). The zero-order chi connectivity index (χ0) is 18.3. The number of nitrogens with one attached hydrogen (secondary N) is 1. The summed E-state index contributed by atoms with van der Waals surface area (Å²) in [6.07, 6.45) is 1.15. The minimum absolute atomic E-state index is 0.0947. The van der Waals surface area contributed by atoms with Gasteiger partial charge in [0.15, 0.2) is 17.2 Å². The Kier molecular flexibility index (Phi) is 3.78. The molecule has 0 radical (unpaired) electrons. The number of carboxylic acids is 1. The molecule has 1 aromatic carbocycles. The molecule has 2 N–H and O–H groups in total. The lowest BCUT2D eigenvalue weighted by atomic mass is 10.1. The van der Waals surface area contributed by atoms with Gasteiger partial charge in [0.1, 0.15) is 13.2 Å². The van der Waals surface area contributed by atoms with E-state index in [1.165, 1.54) is 4.68 Å². The lowest BCUT2D eigenvalue weighted by Gasteiger charge is -2.18. The van der Waals surface area contributed by atoms with Crippen LogP contribution in [0.15, 0.2) is 18.2 Å². The number of aromatic nitrogens is 3. The molecule has 2 heterocycles. The van der Waals surface area contributed by atoms with Crippen LogP contribution in [0.25, 0.3) is 5.69 Å². The summed E-state index contributed by atoms with van der Waals surface area (Å²) in [5.74, 6) is -0.0285. The van der Waals surface area contributed by atoms with E-state index in [4.69, 9.17) is 9.47 Å². The summed E-state index contributed by atoms with van der Waals surface area (Å²) < 4.78 is 12.6. The molecular weight excluding hydrogens is 340 g/mol.